The number of hydrogen-bond donors (Lipinski definition) is 2. The van der Waals surface area contributed by atoms with Crippen LogP contribution in [0, 0.1) is 5.82 Å². The summed E-state index contributed by atoms with van der Waals surface area (Å²) in [6.45, 7) is 0. The highest BCUT2D eigenvalue weighted by Gasteiger charge is 2.21. The van der Waals surface area contributed by atoms with Crippen molar-refractivity contribution in [3.63, 3.8) is 0 Å². The minimum absolute atomic E-state index is 0.0110. The molecule has 4 nitrogen and oxygen atoms in total. The SMILES string of the molecule is NC(=O)[C@H](Cc1ccccc1F)NC(=O)c1cc(Br)cc(Br)c1. The Bertz CT molecular complexity index is 732. The van der Waals surface area contributed by atoms with E-state index in [4.69, 9.17) is 5.73 Å². The fourth-order valence-electron chi connectivity index (χ4n) is 2.03. The number of carbonyl (C=O) groups is 2. The monoisotopic (exact) mass is 442 g/mol. The number of nitrogens with one attached hydrogen (secondary N) is 1. The summed E-state index contributed by atoms with van der Waals surface area (Å²) in [4.78, 5) is 23.9. The Morgan fingerprint density at radius 3 is 2.30 bits per heavy atom. The predicted molar refractivity (Wildman–Crippen MR) is 92.4 cm³/mol. The van der Waals surface area contributed by atoms with Gasteiger partial charge >= 0.3 is 0 Å². The lowest BCUT2D eigenvalue weighted by atomic mass is 10.0. The number of amides is 2. The van der Waals surface area contributed by atoms with Crippen molar-refractivity contribution >= 4 is 43.7 Å². The van der Waals surface area contributed by atoms with Gasteiger partial charge in [0.1, 0.15) is 11.9 Å². The van der Waals surface area contributed by atoms with Crippen molar-refractivity contribution in [2.24, 2.45) is 5.73 Å². The molecule has 0 aliphatic carbocycles. The Morgan fingerprint density at radius 1 is 1.13 bits per heavy atom. The number of carbonyl (C=O) groups excluding carboxylic acids is 2. The molecule has 0 bridgehead atoms. The zero-order valence-electron chi connectivity index (χ0n) is 11.9. The molecular weight excluding hydrogens is 431 g/mol. The molecule has 120 valence electrons. The van der Waals surface area contributed by atoms with Crippen molar-refractivity contribution < 1.29 is 14.0 Å². The number of primary amides is 1. The van der Waals surface area contributed by atoms with Gasteiger partial charge in [0.2, 0.25) is 5.91 Å². The van der Waals surface area contributed by atoms with Crippen molar-refractivity contribution in [1.29, 1.82) is 0 Å². The van der Waals surface area contributed by atoms with E-state index in [1.165, 1.54) is 6.07 Å². The number of hydrogen-bond acceptors (Lipinski definition) is 2. The largest absolute Gasteiger partial charge is 0.368 e. The van der Waals surface area contributed by atoms with Crippen LogP contribution >= 0.6 is 31.9 Å². The van der Waals surface area contributed by atoms with E-state index in [2.05, 4.69) is 37.2 Å². The Labute approximate surface area is 149 Å². The summed E-state index contributed by atoms with van der Waals surface area (Å²) < 4.78 is 15.1. The molecule has 0 saturated heterocycles. The lowest BCUT2D eigenvalue weighted by Gasteiger charge is -2.16. The number of benzene rings is 2. The maximum absolute atomic E-state index is 13.7. The molecule has 3 N–H and O–H groups in total. The lowest BCUT2D eigenvalue weighted by Crippen LogP contribution is -2.46. The van der Waals surface area contributed by atoms with Crippen LogP contribution in [0.15, 0.2) is 51.4 Å². The zero-order chi connectivity index (χ0) is 17.0. The van der Waals surface area contributed by atoms with Crippen molar-refractivity contribution in [3.8, 4) is 0 Å². The quantitative estimate of drug-likeness (QED) is 0.744. The minimum Gasteiger partial charge on any atom is -0.368 e. The van der Waals surface area contributed by atoms with E-state index in [1.807, 2.05) is 0 Å². The molecule has 0 aliphatic rings. The smallest absolute Gasteiger partial charge is 0.252 e. The van der Waals surface area contributed by atoms with Gasteiger partial charge in [-0.1, -0.05) is 50.1 Å². The van der Waals surface area contributed by atoms with Crippen LogP contribution in [0.3, 0.4) is 0 Å². The van der Waals surface area contributed by atoms with Gasteiger partial charge in [-0.25, -0.2) is 4.39 Å². The second kappa shape index (κ2) is 7.70. The summed E-state index contributed by atoms with van der Waals surface area (Å²) in [5.41, 5.74) is 5.99. The molecule has 0 aromatic heterocycles. The Balaban J connectivity index is 2.18. The van der Waals surface area contributed by atoms with E-state index in [1.54, 1.807) is 36.4 Å². The maximum Gasteiger partial charge on any atom is 0.252 e. The van der Waals surface area contributed by atoms with Gasteiger partial charge < -0.3 is 11.1 Å². The van der Waals surface area contributed by atoms with Gasteiger partial charge in [0.15, 0.2) is 0 Å². The first-order chi connectivity index (χ1) is 10.9. The van der Waals surface area contributed by atoms with E-state index in [0.29, 0.717) is 20.1 Å². The highest BCUT2D eigenvalue weighted by molar-refractivity contribution is 9.11. The first kappa shape index (κ1) is 17.6. The van der Waals surface area contributed by atoms with Gasteiger partial charge in [-0.15, -0.1) is 0 Å². The van der Waals surface area contributed by atoms with Crippen LogP contribution in [-0.4, -0.2) is 17.9 Å². The van der Waals surface area contributed by atoms with E-state index in [-0.39, 0.29) is 6.42 Å². The number of nitrogens with two attached hydrogens (primary N) is 1. The molecule has 0 aliphatic heterocycles. The van der Waals surface area contributed by atoms with Crippen LogP contribution in [0.5, 0.6) is 0 Å². The molecule has 2 amide bonds. The third-order valence-electron chi connectivity index (χ3n) is 3.16. The molecule has 1 atom stereocenters. The second-order valence-electron chi connectivity index (χ2n) is 4.88. The van der Waals surface area contributed by atoms with Gasteiger partial charge in [-0.3, -0.25) is 9.59 Å². The van der Waals surface area contributed by atoms with Crippen molar-refractivity contribution in [3.05, 3.63) is 68.4 Å². The minimum atomic E-state index is -1.00. The summed E-state index contributed by atoms with van der Waals surface area (Å²) >= 11 is 6.58. The van der Waals surface area contributed by atoms with Crippen LogP contribution in [0.25, 0.3) is 0 Å². The molecule has 7 heteroatoms. The highest BCUT2D eigenvalue weighted by atomic mass is 79.9. The average Bonchev–Trinajstić information content (AvgIpc) is 2.47. The first-order valence-corrected chi connectivity index (χ1v) is 8.25. The lowest BCUT2D eigenvalue weighted by molar-refractivity contribution is -0.119. The third-order valence-corrected chi connectivity index (χ3v) is 4.07. The highest BCUT2D eigenvalue weighted by Crippen LogP contribution is 2.20. The maximum atomic E-state index is 13.7. The molecule has 0 heterocycles. The van der Waals surface area contributed by atoms with Crippen molar-refractivity contribution in [2.75, 3.05) is 0 Å². The van der Waals surface area contributed by atoms with Crippen LogP contribution in [-0.2, 0) is 11.2 Å². The molecule has 0 fully saturated rings. The van der Waals surface area contributed by atoms with Crippen LogP contribution < -0.4 is 11.1 Å². The van der Waals surface area contributed by atoms with Gasteiger partial charge in [-0.05, 0) is 29.8 Å². The van der Waals surface area contributed by atoms with Gasteiger partial charge in [-0.2, -0.15) is 0 Å². The van der Waals surface area contributed by atoms with Gasteiger partial charge in [0, 0.05) is 20.9 Å². The standard InChI is InChI=1S/C16H13Br2FN2O2/c17-11-5-10(6-12(18)8-11)16(23)21-14(15(20)22)7-9-3-1-2-4-13(9)19/h1-6,8,14H,7H2,(H2,20,22)(H,21,23)/t14-/m0/s1. The molecule has 2 aromatic rings. The summed E-state index contributed by atoms with van der Waals surface area (Å²) in [6, 6.07) is 10.1. The molecular formula is C16H13Br2FN2O2. The van der Waals surface area contributed by atoms with Crippen molar-refractivity contribution in [1.82, 2.24) is 5.32 Å². The normalized spacial score (nSPS) is 11.8. The first-order valence-electron chi connectivity index (χ1n) is 6.66. The third kappa shape index (κ3) is 4.87. The molecule has 0 unspecified atom stereocenters. The average molecular weight is 444 g/mol. The van der Waals surface area contributed by atoms with E-state index < -0.39 is 23.7 Å². The molecule has 0 radical (unpaired) electrons. The van der Waals surface area contributed by atoms with Crippen LogP contribution in [0.1, 0.15) is 15.9 Å². The van der Waals surface area contributed by atoms with Crippen LogP contribution in [0.2, 0.25) is 0 Å². The summed E-state index contributed by atoms with van der Waals surface area (Å²) in [7, 11) is 0. The Morgan fingerprint density at radius 2 is 1.74 bits per heavy atom. The molecule has 0 saturated carbocycles. The second-order valence-corrected chi connectivity index (χ2v) is 6.71. The fourth-order valence-corrected chi connectivity index (χ4v) is 3.33. The Hall–Kier alpha value is -1.73. The van der Waals surface area contributed by atoms with Gasteiger partial charge in [0.05, 0.1) is 0 Å². The predicted octanol–water partition coefficient (Wildman–Crippen LogP) is 3.18. The molecule has 23 heavy (non-hydrogen) atoms. The summed E-state index contributed by atoms with van der Waals surface area (Å²) in [6.07, 6.45) is -0.0110. The van der Waals surface area contributed by atoms with E-state index in [0.717, 1.165) is 0 Å². The topological polar surface area (TPSA) is 72.2 Å². The molecule has 2 rings (SSSR count). The van der Waals surface area contributed by atoms with Crippen molar-refractivity contribution in [2.45, 2.75) is 12.5 Å². The zero-order valence-corrected chi connectivity index (χ0v) is 15.0. The fraction of sp³-hybridized carbons (Fsp3) is 0.125. The number of rotatable bonds is 5. The molecule has 0 spiro atoms. The Kier molecular flexibility index (Phi) is 5.90. The van der Waals surface area contributed by atoms with Gasteiger partial charge in [0.25, 0.3) is 5.91 Å². The van der Waals surface area contributed by atoms with Crippen LogP contribution in [0.4, 0.5) is 4.39 Å². The van der Waals surface area contributed by atoms with E-state index >= 15 is 0 Å². The van der Waals surface area contributed by atoms with E-state index in [9.17, 15) is 14.0 Å². The summed E-state index contributed by atoms with van der Waals surface area (Å²) in [5, 5.41) is 2.54. The number of halogens is 3. The molecule has 2 aromatic carbocycles. The summed E-state index contributed by atoms with van der Waals surface area (Å²) in [5.74, 6) is -1.64.